The third-order valence-electron chi connectivity index (χ3n) is 3.27. The second kappa shape index (κ2) is 5.64. The summed E-state index contributed by atoms with van der Waals surface area (Å²) < 4.78 is 39.5. The summed E-state index contributed by atoms with van der Waals surface area (Å²) >= 11 is 1.46. The molecule has 0 atom stereocenters. The van der Waals surface area contributed by atoms with E-state index in [4.69, 9.17) is 0 Å². The van der Waals surface area contributed by atoms with Crippen LogP contribution in [0.2, 0.25) is 0 Å². The zero-order chi connectivity index (χ0) is 15.7. The highest BCUT2D eigenvalue weighted by Gasteiger charge is 2.29. The van der Waals surface area contributed by atoms with Crippen LogP contribution in [0.25, 0.3) is 11.0 Å². The van der Waals surface area contributed by atoms with Crippen molar-refractivity contribution in [2.24, 2.45) is 7.05 Å². The highest BCUT2D eigenvalue weighted by atomic mass is 32.2. The van der Waals surface area contributed by atoms with Gasteiger partial charge in [-0.05, 0) is 23.8 Å². The zero-order valence-corrected chi connectivity index (χ0v) is 12.4. The largest absolute Gasteiger partial charge is 0.416 e. The fourth-order valence-corrected chi connectivity index (χ4v) is 3.01. The van der Waals surface area contributed by atoms with Gasteiger partial charge in [-0.15, -0.1) is 0 Å². The number of thioether (sulfide) groups is 1. The van der Waals surface area contributed by atoms with Gasteiger partial charge in [0.25, 0.3) is 0 Å². The van der Waals surface area contributed by atoms with Gasteiger partial charge in [-0.3, -0.25) is 0 Å². The lowest BCUT2D eigenvalue weighted by atomic mass is 10.1. The second-order valence-corrected chi connectivity index (χ2v) is 5.79. The van der Waals surface area contributed by atoms with Gasteiger partial charge in [0.1, 0.15) is 10.5 Å². The Morgan fingerprint density at radius 1 is 1.09 bits per heavy atom. The highest BCUT2D eigenvalue weighted by Crippen LogP contribution is 2.31. The molecule has 0 bridgehead atoms. The molecule has 0 amide bonds. The molecule has 0 aliphatic carbocycles. The summed E-state index contributed by atoms with van der Waals surface area (Å²) in [5.74, 6) is 0.542. The van der Waals surface area contributed by atoms with Gasteiger partial charge in [0.2, 0.25) is 0 Å². The van der Waals surface area contributed by atoms with Crippen molar-refractivity contribution in [3.63, 3.8) is 0 Å². The third kappa shape index (κ3) is 2.94. The minimum atomic E-state index is -4.30. The number of nitrogens with zero attached hydrogens (tertiary/aromatic N) is 3. The van der Waals surface area contributed by atoms with Crippen molar-refractivity contribution in [2.45, 2.75) is 17.0 Å². The normalized spacial score (nSPS) is 12.0. The lowest BCUT2D eigenvalue weighted by Crippen LogP contribution is -2.04. The van der Waals surface area contributed by atoms with E-state index in [0.717, 1.165) is 33.8 Å². The van der Waals surface area contributed by atoms with Crippen molar-refractivity contribution in [2.75, 3.05) is 0 Å². The van der Waals surface area contributed by atoms with Crippen LogP contribution in [0.1, 0.15) is 11.1 Å². The van der Waals surface area contributed by atoms with Gasteiger partial charge in [0.05, 0.1) is 17.4 Å². The second-order valence-electron chi connectivity index (χ2n) is 4.82. The van der Waals surface area contributed by atoms with E-state index in [1.54, 1.807) is 12.5 Å². The van der Waals surface area contributed by atoms with E-state index in [9.17, 15) is 13.2 Å². The van der Waals surface area contributed by atoms with E-state index in [2.05, 4.69) is 9.97 Å². The van der Waals surface area contributed by atoms with Crippen LogP contribution in [-0.4, -0.2) is 14.5 Å². The molecule has 3 rings (SSSR count). The number of pyridine rings is 1. The van der Waals surface area contributed by atoms with E-state index in [-0.39, 0.29) is 0 Å². The number of hydrogen-bond acceptors (Lipinski definition) is 3. The van der Waals surface area contributed by atoms with Crippen LogP contribution < -0.4 is 0 Å². The molecule has 0 N–H and O–H groups in total. The summed E-state index contributed by atoms with van der Waals surface area (Å²) in [7, 11) is 1.90. The molecular formula is C15H12F3N3S. The van der Waals surface area contributed by atoms with Crippen LogP contribution in [0.15, 0.2) is 47.9 Å². The monoisotopic (exact) mass is 323 g/mol. The number of imidazole rings is 1. The van der Waals surface area contributed by atoms with Gasteiger partial charge in [0.15, 0.2) is 0 Å². The van der Waals surface area contributed by atoms with Crippen molar-refractivity contribution in [1.82, 2.24) is 14.5 Å². The molecule has 7 heteroatoms. The lowest BCUT2D eigenvalue weighted by Gasteiger charge is -2.07. The summed E-state index contributed by atoms with van der Waals surface area (Å²) in [6.45, 7) is 0. The first-order valence-electron chi connectivity index (χ1n) is 6.50. The number of halogens is 3. The standard InChI is InChI=1S/C15H12F3N3S/c1-21-9-20-13-12(21)6-7-19-14(13)22-8-10-2-4-11(5-3-10)15(16,17)18/h2-7,9H,8H2,1H3. The SMILES string of the molecule is Cn1cnc2c(SCc3ccc(C(F)(F)F)cc3)nccc21. The van der Waals surface area contributed by atoms with E-state index in [0.29, 0.717) is 5.75 Å². The average molecular weight is 323 g/mol. The first-order valence-corrected chi connectivity index (χ1v) is 7.48. The maximum absolute atomic E-state index is 12.5. The Morgan fingerprint density at radius 3 is 2.50 bits per heavy atom. The molecule has 3 nitrogen and oxygen atoms in total. The molecule has 2 aromatic heterocycles. The predicted molar refractivity (Wildman–Crippen MR) is 79.5 cm³/mol. The van der Waals surface area contributed by atoms with E-state index in [1.165, 1.54) is 23.9 Å². The smallest absolute Gasteiger partial charge is 0.334 e. The Hall–Kier alpha value is -2.02. The molecule has 0 aliphatic rings. The fourth-order valence-electron chi connectivity index (χ4n) is 2.08. The van der Waals surface area contributed by atoms with Crippen LogP contribution >= 0.6 is 11.8 Å². The van der Waals surface area contributed by atoms with Crippen LogP contribution in [0.5, 0.6) is 0 Å². The van der Waals surface area contributed by atoms with Crippen LogP contribution in [0, 0.1) is 0 Å². The molecule has 3 aromatic rings. The number of fused-ring (bicyclic) bond motifs is 1. The third-order valence-corrected chi connectivity index (χ3v) is 4.32. The molecule has 0 saturated carbocycles. The molecule has 0 spiro atoms. The highest BCUT2D eigenvalue weighted by molar-refractivity contribution is 7.98. The molecule has 114 valence electrons. The van der Waals surface area contributed by atoms with E-state index in [1.807, 2.05) is 17.7 Å². The Kier molecular flexibility index (Phi) is 3.82. The quantitative estimate of drug-likeness (QED) is 0.674. The number of rotatable bonds is 3. The van der Waals surface area contributed by atoms with Gasteiger partial charge in [-0.25, -0.2) is 9.97 Å². The molecule has 0 saturated heterocycles. The van der Waals surface area contributed by atoms with Crippen molar-refractivity contribution >= 4 is 22.8 Å². The molecule has 0 aliphatic heterocycles. The summed E-state index contributed by atoms with van der Waals surface area (Å²) in [6, 6.07) is 7.07. The van der Waals surface area contributed by atoms with Crippen molar-refractivity contribution in [1.29, 1.82) is 0 Å². The number of aromatic nitrogens is 3. The summed E-state index contributed by atoms with van der Waals surface area (Å²) in [6.07, 6.45) is -0.875. The molecule has 1 aromatic carbocycles. The van der Waals surface area contributed by atoms with Gasteiger partial charge in [0, 0.05) is 19.0 Å². The Bertz CT molecular complexity index is 794. The molecular weight excluding hydrogens is 311 g/mol. The maximum atomic E-state index is 12.5. The van der Waals surface area contributed by atoms with Gasteiger partial charge in [-0.2, -0.15) is 13.2 Å². The minimum absolute atomic E-state index is 0.542. The topological polar surface area (TPSA) is 30.7 Å². The van der Waals surface area contributed by atoms with Crippen LogP contribution in [-0.2, 0) is 19.0 Å². The zero-order valence-electron chi connectivity index (χ0n) is 11.6. The number of aryl methyl sites for hydroxylation is 1. The fraction of sp³-hybridized carbons (Fsp3) is 0.200. The Morgan fingerprint density at radius 2 is 1.82 bits per heavy atom. The van der Waals surface area contributed by atoms with Gasteiger partial charge in [-0.1, -0.05) is 23.9 Å². The molecule has 0 unspecified atom stereocenters. The van der Waals surface area contributed by atoms with Crippen LogP contribution in [0.3, 0.4) is 0 Å². The molecule has 22 heavy (non-hydrogen) atoms. The number of hydrogen-bond donors (Lipinski definition) is 0. The Balaban J connectivity index is 1.77. The van der Waals surface area contributed by atoms with Gasteiger partial charge < -0.3 is 4.57 Å². The summed E-state index contributed by atoms with van der Waals surface area (Å²) in [5, 5.41) is 0.776. The average Bonchev–Trinajstić information content (AvgIpc) is 2.87. The Labute approximate surface area is 129 Å². The van der Waals surface area contributed by atoms with Crippen molar-refractivity contribution < 1.29 is 13.2 Å². The number of benzene rings is 1. The van der Waals surface area contributed by atoms with Crippen molar-refractivity contribution in [3.05, 3.63) is 54.0 Å². The molecule has 2 heterocycles. The van der Waals surface area contributed by atoms with Crippen molar-refractivity contribution in [3.8, 4) is 0 Å². The lowest BCUT2D eigenvalue weighted by molar-refractivity contribution is -0.137. The molecule has 0 fully saturated rings. The minimum Gasteiger partial charge on any atom is -0.334 e. The first kappa shape index (κ1) is 14.9. The summed E-state index contributed by atoms with van der Waals surface area (Å²) in [5.41, 5.74) is 1.96. The van der Waals surface area contributed by atoms with Crippen LogP contribution in [0.4, 0.5) is 13.2 Å². The number of alkyl halides is 3. The van der Waals surface area contributed by atoms with Gasteiger partial charge >= 0.3 is 6.18 Å². The van der Waals surface area contributed by atoms with E-state index >= 15 is 0 Å². The molecule has 0 radical (unpaired) electrons. The first-order chi connectivity index (χ1) is 10.4. The predicted octanol–water partition coefficient (Wildman–Crippen LogP) is 4.28. The van der Waals surface area contributed by atoms with E-state index < -0.39 is 11.7 Å². The summed E-state index contributed by atoms with van der Waals surface area (Å²) in [4.78, 5) is 8.61. The maximum Gasteiger partial charge on any atom is 0.416 e.